The summed E-state index contributed by atoms with van der Waals surface area (Å²) in [7, 11) is 0. The molecular weight excluding hydrogens is 380 g/mol. The summed E-state index contributed by atoms with van der Waals surface area (Å²) in [5.74, 6) is -0.0310. The summed E-state index contributed by atoms with van der Waals surface area (Å²) < 4.78 is 11.1. The summed E-state index contributed by atoms with van der Waals surface area (Å²) >= 11 is 0. The maximum atomic E-state index is 13.8. The lowest BCUT2D eigenvalue weighted by molar-refractivity contribution is -0.0240. The highest BCUT2D eigenvalue weighted by atomic mass is 16.5. The Morgan fingerprint density at radius 1 is 0.600 bits per heavy atom. The molecule has 0 radical (unpaired) electrons. The Balaban J connectivity index is 1.75. The zero-order chi connectivity index (χ0) is 20.8. The lowest BCUT2D eigenvalue weighted by Gasteiger charge is -2.43. The van der Waals surface area contributed by atoms with Crippen molar-refractivity contribution in [1.29, 1.82) is 0 Å². The van der Waals surface area contributed by atoms with Gasteiger partial charge in [0.2, 0.25) is 0 Å². The maximum Gasteiger partial charge on any atom is 0.182 e. The number of hydrogen-bond donors (Lipinski definition) is 0. The summed E-state index contributed by atoms with van der Waals surface area (Å²) in [4.78, 5) is 31.8. The quantitative estimate of drug-likeness (QED) is 0.655. The second-order valence-corrected chi connectivity index (χ2v) is 7.65. The number of ketones is 2. The minimum absolute atomic E-state index is 0.0155. The third-order valence-corrected chi connectivity index (χ3v) is 5.83. The number of rotatable bonds is 7. The number of benzene rings is 2. The van der Waals surface area contributed by atoms with E-state index in [9.17, 15) is 9.59 Å². The smallest absolute Gasteiger partial charge is 0.182 e. The number of carbonyl (C=O) groups excluding carboxylic acids is 2. The Labute approximate surface area is 177 Å². The van der Waals surface area contributed by atoms with Crippen LogP contribution in [-0.2, 0) is 9.47 Å². The monoisotopic (exact) mass is 408 g/mol. The molecule has 158 valence electrons. The number of ether oxygens (including phenoxy) is 2. The van der Waals surface area contributed by atoms with Crippen LogP contribution in [0.1, 0.15) is 20.7 Å². The van der Waals surface area contributed by atoms with Crippen LogP contribution in [-0.4, -0.2) is 86.1 Å². The number of nitrogens with zero attached hydrogens (tertiary/aromatic N) is 2. The second kappa shape index (κ2) is 10.1. The standard InChI is InChI=1S/C24H28N2O4/c27-23(19-7-3-1-4-8-19)21(25-11-15-29-16-12-25)22(26-13-17-30-18-14-26)24(28)20-9-5-2-6-10-20/h1-10,21-22H,11-18H2. The molecule has 2 aromatic carbocycles. The van der Waals surface area contributed by atoms with Crippen LogP contribution in [0.3, 0.4) is 0 Å². The average Bonchev–Trinajstić information content (AvgIpc) is 2.84. The van der Waals surface area contributed by atoms with E-state index in [4.69, 9.17) is 9.47 Å². The van der Waals surface area contributed by atoms with Crippen LogP contribution in [0.15, 0.2) is 60.7 Å². The molecule has 2 saturated heterocycles. The fraction of sp³-hybridized carbons (Fsp3) is 0.417. The molecule has 2 fully saturated rings. The van der Waals surface area contributed by atoms with E-state index in [-0.39, 0.29) is 11.6 Å². The van der Waals surface area contributed by atoms with Crippen LogP contribution in [0, 0.1) is 0 Å². The first-order valence-electron chi connectivity index (χ1n) is 10.6. The van der Waals surface area contributed by atoms with Crippen molar-refractivity contribution < 1.29 is 19.1 Å². The van der Waals surface area contributed by atoms with Gasteiger partial charge in [0.15, 0.2) is 11.6 Å². The summed E-state index contributed by atoms with van der Waals surface area (Å²) in [6.07, 6.45) is 0. The normalized spacial score (nSPS) is 20.4. The molecule has 6 nitrogen and oxygen atoms in total. The number of morpholine rings is 2. The summed E-state index contributed by atoms with van der Waals surface area (Å²) in [6, 6.07) is 17.5. The van der Waals surface area contributed by atoms with E-state index < -0.39 is 12.1 Å². The molecule has 0 bridgehead atoms. The van der Waals surface area contributed by atoms with Gasteiger partial charge in [0.05, 0.1) is 38.5 Å². The molecule has 2 aliphatic heterocycles. The van der Waals surface area contributed by atoms with E-state index in [2.05, 4.69) is 9.80 Å². The van der Waals surface area contributed by atoms with Gasteiger partial charge in [-0.15, -0.1) is 0 Å². The SMILES string of the molecule is O=C(c1ccccc1)C(C(C(=O)c1ccccc1)N1CCOCC1)N1CCOCC1. The van der Waals surface area contributed by atoms with Gasteiger partial charge in [-0.05, 0) is 0 Å². The van der Waals surface area contributed by atoms with E-state index in [0.29, 0.717) is 63.7 Å². The summed E-state index contributed by atoms with van der Waals surface area (Å²) in [5, 5.41) is 0. The van der Waals surface area contributed by atoms with Gasteiger partial charge in [-0.25, -0.2) is 0 Å². The zero-order valence-corrected chi connectivity index (χ0v) is 17.1. The van der Waals surface area contributed by atoms with Gasteiger partial charge in [0.1, 0.15) is 0 Å². The Morgan fingerprint density at radius 3 is 1.27 bits per heavy atom. The number of hydrogen-bond acceptors (Lipinski definition) is 6. The van der Waals surface area contributed by atoms with Gasteiger partial charge in [0, 0.05) is 37.3 Å². The summed E-state index contributed by atoms with van der Waals surface area (Å²) in [6.45, 7) is 4.78. The van der Waals surface area contributed by atoms with Crippen molar-refractivity contribution in [1.82, 2.24) is 9.80 Å². The molecule has 0 saturated carbocycles. The third-order valence-electron chi connectivity index (χ3n) is 5.83. The number of Topliss-reactive ketones (excluding diaryl/α,β-unsaturated/α-hetero) is 2. The van der Waals surface area contributed by atoms with Gasteiger partial charge in [-0.3, -0.25) is 19.4 Å². The van der Waals surface area contributed by atoms with Gasteiger partial charge in [-0.2, -0.15) is 0 Å². The van der Waals surface area contributed by atoms with Crippen LogP contribution >= 0.6 is 0 Å². The molecule has 0 spiro atoms. The lowest BCUT2D eigenvalue weighted by Crippen LogP contribution is -2.62. The van der Waals surface area contributed by atoms with Crippen molar-refractivity contribution >= 4 is 11.6 Å². The largest absolute Gasteiger partial charge is 0.379 e. The van der Waals surface area contributed by atoms with E-state index in [1.807, 2.05) is 60.7 Å². The first-order chi connectivity index (χ1) is 14.8. The molecular formula is C24H28N2O4. The highest BCUT2D eigenvalue weighted by Crippen LogP contribution is 2.23. The molecule has 2 unspecified atom stereocenters. The maximum absolute atomic E-state index is 13.8. The minimum atomic E-state index is -0.567. The molecule has 2 aliphatic rings. The Bertz CT molecular complexity index is 759. The fourth-order valence-corrected chi connectivity index (χ4v) is 4.28. The van der Waals surface area contributed by atoms with Gasteiger partial charge < -0.3 is 9.47 Å². The average molecular weight is 408 g/mol. The first kappa shape index (κ1) is 20.9. The summed E-state index contributed by atoms with van der Waals surface area (Å²) in [5.41, 5.74) is 1.27. The molecule has 30 heavy (non-hydrogen) atoms. The van der Waals surface area contributed by atoms with Crippen LogP contribution in [0.25, 0.3) is 0 Å². The zero-order valence-electron chi connectivity index (χ0n) is 17.1. The van der Waals surface area contributed by atoms with Gasteiger partial charge in [0.25, 0.3) is 0 Å². The van der Waals surface area contributed by atoms with Crippen LogP contribution in [0.5, 0.6) is 0 Å². The molecule has 0 N–H and O–H groups in total. The molecule has 2 atom stereocenters. The van der Waals surface area contributed by atoms with E-state index >= 15 is 0 Å². The van der Waals surface area contributed by atoms with Crippen molar-refractivity contribution in [2.75, 3.05) is 52.6 Å². The molecule has 4 rings (SSSR count). The molecule has 2 heterocycles. The minimum Gasteiger partial charge on any atom is -0.379 e. The van der Waals surface area contributed by atoms with Crippen LogP contribution in [0.2, 0.25) is 0 Å². The molecule has 2 aromatic rings. The fourth-order valence-electron chi connectivity index (χ4n) is 4.28. The molecule has 0 aromatic heterocycles. The van der Waals surface area contributed by atoms with E-state index in [1.54, 1.807) is 0 Å². The second-order valence-electron chi connectivity index (χ2n) is 7.65. The van der Waals surface area contributed by atoms with Crippen molar-refractivity contribution in [3.8, 4) is 0 Å². The van der Waals surface area contributed by atoms with Crippen molar-refractivity contribution in [3.63, 3.8) is 0 Å². The topological polar surface area (TPSA) is 59.1 Å². The first-order valence-corrected chi connectivity index (χ1v) is 10.6. The Morgan fingerprint density at radius 2 is 0.933 bits per heavy atom. The molecule has 0 amide bonds. The van der Waals surface area contributed by atoms with Crippen molar-refractivity contribution in [2.24, 2.45) is 0 Å². The van der Waals surface area contributed by atoms with E-state index in [1.165, 1.54) is 0 Å². The molecule has 0 aliphatic carbocycles. The predicted octanol–water partition coefficient (Wildman–Crippen LogP) is 2.15. The predicted molar refractivity (Wildman–Crippen MR) is 114 cm³/mol. The molecule has 6 heteroatoms. The van der Waals surface area contributed by atoms with Crippen LogP contribution in [0.4, 0.5) is 0 Å². The van der Waals surface area contributed by atoms with Crippen LogP contribution < -0.4 is 0 Å². The van der Waals surface area contributed by atoms with Gasteiger partial charge in [-0.1, -0.05) is 60.7 Å². The Hall–Kier alpha value is -2.38. The third kappa shape index (κ3) is 4.68. The highest BCUT2D eigenvalue weighted by molar-refractivity contribution is 6.08. The van der Waals surface area contributed by atoms with Gasteiger partial charge >= 0.3 is 0 Å². The van der Waals surface area contributed by atoms with Crippen molar-refractivity contribution in [3.05, 3.63) is 71.8 Å². The highest BCUT2D eigenvalue weighted by Gasteiger charge is 2.42. The Kier molecular flexibility index (Phi) is 7.02. The van der Waals surface area contributed by atoms with Crippen molar-refractivity contribution in [2.45, 2.75) is 12.1 Å². The number of carbonyl (C=O) groups is 2. The van der Waals surface area contributed by atoms with E-state index in [0.717, 1.165) is 0 Å². The lowest BCUT2D eigenvalue weighted by atomic mass is 9.89.